The normalized spacial score (nSPS) is 15.7. The summed E-state index contributed by atoms with van der Waals surface area (Å²) in [7, 11) is 0. The number of benzene rings is 3. The van der Waals surface area contributed by atoms with E-state index in [2.05, 4.69) is 0 Å². The van der Waals surface area contributed by atoms with Gasteiger partial charge in [-0.2, -0.15) is 0 Å². The molecule has 0 radical (unpaired) electrons. The summed E-state index contributed by atoms with van der Waals surface area (Å²) in [5.41, 5.74) is 4.47. The molecule has 29 heavy (non-hydrogen) atoms. The van der Waals surface area contributed by atoms with Crippen LogP contribution >= 0.6 is 0 Å². The molecular weight excluding hydrogens is 366 g/mol. The van der Waals surface area contributed by atoms with Gasteiger partial charge in [0, 0.05) is 11.1 Å². The molecule has 1 aliphatic heterocycles. The Morgan fingerprint density at radius 3 is 1.66 bits per heavy atom. The maximum atomic E-state index is 13.0. The molecule has 0 unspecified atom stereocenters. The van der Waals surface area contributed by atoms with Crippen molar-refractivity contribution in [2.75, 3.05) is 0 Å². The van der Waals surface area contributed by atoms with Crippen molar-refractivity contribution >= 4 is 17.8 Å². The van der Waals surface area contributed by atoms with Gasteiger partial charge in [0.1, 0.15) is 6.04 Å². The quantitative estimate of drug-likeness (QED) is 0.507. The summed E-state index contributed by atoms with van der Waals surface area (Å²) < 4.78 is 5.85. The van der Waals surface area contributed by atoms with E-state index in [1.165, 1.54) is 6.92 Å². The van der Waals surface area contributed by atoms with Crippen molar-refractivity contribution in [1.29, 1.82) is 0 Å². The highest BCUT2D eigenvalue weighted by Crippen LogP contribution is 2.45. The maximum Gasteiger partial charge on any atom is 0.330 e. The first-order valence-corrected chi connectivity index (χ1v) is 9.43. The van der Waals surface area contributed by atoms with E-state index in [0.29, 0.717) is 11.1 Å². The topological polar surface area (TPSA) is 63.7 Å². The number of hydrogen-bond donors (Lipinski definition) is 0. The van der Waals surface area contributed by atoms with Crippen LogP contribution in [0, 0.1) is 0 Å². The maximum absolute atomic E-state index is 13.0. The van der Waals surface area contributed by atoms with Crippen LogP contribution < -0.4 is 0 Å². The van der Waals surface area contributed by atoms with Crippen molar-refractivity contribution in [2.45, 2.75) is 19.1 Å². The molecule has 5 heteroatoms. The SMILES string of the molecule is C[C@H](C(=O)OC1c2ccccc2-c2ccccc21)N1C(=O)c2ccccc2C1=O. The van der Waals surface area contributed by atoms with E-state index in [-0.39, 0.29) is 0 Å². The number of fused-ring (bicyclic) bond motifs is 4. The molecular formula is C24H17NO4. The molecule has 0 fully saturated rings. The number of esters is 1. The zero-order valence-electron chi connectivity index (χ0n) is 15.7. The van der Waals surface area contributed by atoms with Crippen molar-refractivity contribution in [3.05, 3.63) is 95.1 Å². The first-order chi connectivity index (χ1) is 14.1. The Bertz CT molecular complexity index is 1100. The smallest absolute Gasteiger partial charge is 0.330 e. The lowest BCUT2D eigenvalue weighted by Crippen LogP contribution is -2.44. The Morgan fingerprint density at radius 2 is 1.17 bits per heavy atom. The lowest BCUT2D eigenvalue weighted by molar-refractivity contribution is -0.151. The second-order valence-electron chi connectivity index (χ2n) is 7.19. The molecule has 2 aliphatic rings. The van der Waals surface area contributed by atoms with Gasteiger partial charge in [0.2, 0.25) is 0 Å². The van der Waals surface area contributed by atoms with Crippen molar-refractivity contribution in [2.24, 2.45) is 0 Å². The van der Waals surface area contributed by atoms with Crippen molar-refractivity contribution in [3.8, 4) is 11.1 Å². The number of hydrogen-bond acceptors (Lipinski definition) is 4. The summed E-state index contributed by atoms with van der Waals surface area (Å²) in [4.78, 5) is 39.3. The Labute approximate surface area is 167 Å². The summed E-state index contributed by atoms with van der Waals surface area (Å²) in [6.45, 7) is 1.52. The van der Waals surface area contributed by atoms with E-state index in [9.17, 15) is 14.4 Å². The number of ether oxygens (including phenoxy) is 1. The van der Waals surface area contributed by atoms with E-state index in [1.54, 1.807) is 24.3 Å². The van der Waals surface area contributed by atoms with Gasteiger partial charge in [-0.15, -0.1) is 0 Å². The van der Waals surface area contributed by atoms with Gasteiger partial charge in [-0.05, 0) is 30.2 Å². The molecule has 5 nitrogen and oxygen atoms in total. The van der Waals surface area contributed by atoms with Crippen LogP contribution in [0.4, 0.5) is 0 Å². The number of nitrogens with zero attached hydrogens (tertiary/aromatic N) is 1. The fourth-order valence-corrected chi connectivity index (χ4v) is 4.12. The fourth-order valence-electron chi connectivity index (χ4n) is 4.12. The van der Waals surface area contributed by atoms with Gasteiger partial charge in [-0.3, -0.25) is 14.5 Å². The third-order valence-corrected chi connectivity index (χ3v) is 5.56. The van der Waals surface area contributed by atoms with Crippen molar-refractivity contribution in [3.63, 3.8) is 0 Å². The monoisotopic (exact) mass is 383 g/mol. The van der Waals surface area contributed by atoms with E-state index in [1.807, 2.05) is 48.5 Å². The summed E-state index contributed by atoms with van der Waals surface area (Å²) in [6, 6.07) is 21.1. The lowest BCUT2D eigenvalue weighted by Gasteiger charge is -2.23. The highest BCUT2D eigenvalue weighted by atomic mass is 16.5. The van der Waals surface area contributed by atoms with Crippen LogP contribution in [-0.4, -0.2) is 28.7 Å². The molecule has 3 aromatic carbocycles. The van der Waals surface area contributed by atoms with Crippen LogP contribution in [0.15, 0.2) is 72.8 Å². The first kappa shape index (κ1) is 17.4. The highest BCUT2D eigenvalue weighted by molar-refractivity contribution is 6.22. The van der Waals surface area contributed by atoms with Gasteiger partial charge < -0.3 is 4.74 Å². The van der Waals surface area contributed by atoms with Crippen molar-refractivity contribution < 1.29 is 19.1 Å². The van der Waals surface area contributed by atoms with Gasteiger partial charge in [0.05, 0.1) is 11.1 Å². The third kappa shape index (κ3) is 2.51. The second-order valence-corrected chi connectivity index (χ2v) is 7.19. The Hall–Kier alpha value is -3.73. The number of rotatable bonds is 3. The largest absolute Gasteiger partial charge is 0.451 e. The predicted molar refractivity (Wildman–Crippen MR) is 106 cm³/mol. The molecule has 5 rings (SSSR count). The summed E-state index contributed by atoms with van der Waals surface area (Å²) >= 11 is 0. The zero-order chi connectivity index (χ0) is 20.1. The molecule has 142 valence electrons. The third-order valence-electron chi connectivity index (χ3n) is 5.56. The Balaban J connectivity index is 1.44. The van der Waals surface area contributed by atoms with Crippen LogP contribution in [0.3, 0.4) is 0 Å². The van der Waals surface area contributed by atoms with E-state index in [4.69, 9.17) is 4.74 Å². The minimum atomic E-state index is -1.03. The van der Waals surface area contributed by atoms with Gasteiger partial charge in [-0.1, -0.05) is 60.7 Å². The van der Waals surface area contributed by atoms with Crippen LogP contribution in [0.25, 0.3) is 11.1 Å². The second kappa shape index (κ2) is 6.41. The van der Waals surface area contributed by atoms with Crippen LogP contribution in [0.5, 0.6) is 0 Å². The lowest BCUT2D eigenvalue weighted by atomic mass is 10.1. The van der Waals surface area contributed by atoms with Gasteiger partial charge in [0.15, 0.2) is 6.10 Å². The first-order valence-electron chi connectivity index (χ1n) is 9.43. The Morgan fingerprint density at radius 1 is 0.759 bits per heavy atom. The zero-order valence-corrected chi connectivity index (χ0v) is 15.7. The number of carbonyl (C=O) groups is 3. The molecule has 0 bridgehead atoms. The highest BCUT2D eigenvalue weighted by Gasteiger charge is 2.42. The molecule has 0 N–H and O–H groups in total. The summed E-state index contributed by atoms with van der Waals surface area (Å²) in [5.74, 6) is -1.56. The van der Waals surface area contributed by atoms with Crippen LogP contribution in [0.2, 0.25) is 0 Å². The average molecular weight is 383 g/mol. The molecule has 0 aromatic heterocycles. The summed E-state index contributed by atoms with van der Waals surface area (Å²) in [6.07, 6.45) is -0.562. The minimum absolute atomic E-state index is 0.314. The fraction of sp³-hybridized carbons (Fsp3) is 0.125. The molecule has 3 aromatic rings. The van der Waals surface area contributed by atoms with E-state index in [0.717, 1.165) is 27.2 Å². The van der Waals surface area contributed by atoms with Crippen LogP contribution in [0.1, 0.15) is 44.9 Å². The molecule has 0 saturated carbocycles. The number of imide groups is 1. The predicted octanol–water partition coefficient (Wildman–Crippen LogP) is 3.98. The van der Waals surface area contributed by atoms with Crippen LogP contribution in [-0.2, 0) is 9.53 Å². The minimum Gasteiger partial charge on any atom is -0.451 e. The standard InChI is InChI=1S/C24H17NO4/c1-14(25-22(26)19-12-6-7-13-20(19)23(25)27)24(28)29-21-17-10-4-2-8-15(17)16-9-3-5-11-18(16)21/h2-14,21H,1H3/t14-/m1/s1. The summed E-state index contributed by atoms with van der Waals surface area (Å²) in [5, 5.41) is 0. The molecule has 0 saturated heterocycles. The molecule has 1 heterocycles. The average Bonchev–Trinajstić information content (AvgIpc) is 3.20. The van der Waals surface area contributed by atoms with E-state index >= 15 is 0 Å². The molecule has 0 spiro atoms. The van der Waals surface area contributed by atoms with Gasteiger partial charge in [-0.25, -0.2) is 4.79 Å². The van der Waals surface area contributed by atoms with Gasteiger partial charge in [0.25, 0.3) is 11.8 Å². The molecule has 1 atom stereocenters. The van der Waals surface area contributed by atoms with Gasteiger partial charge >= 0.3 is 5.97 Å². The van der Waals surface area contributed by atoms with E-state index < -0.39 is 29.9 Å². The number of amides is 2. The molecule has 1 aliphatic carbocycles. The molecule has 2 amide bonds. The Kier molecular flexibility index (Phi) is 3.84. The number of carbonyl (C=O) groups excluding carboxylic acids is 3. The van der Waals surface area contributed by atoms with Crippen molar-refractivity contribution in [1.82, 2.24) is 4.90 Å².